The van der Waals surface area contributed by atoms with Crippen LogP contribution in [-0.2, 0) is 6.42 Å². The summed E-state index contributed by atoms with van der Waals surface area (Å²) in [5.74, 6) is -1.29. The molecule has 0 aromatic heterocycles. The van der Waals surface area contributed by atoms with Crippen LogP contribution in [0, 0.1) is 17.6 Å². The fourth-order valence-electron chi connectivity index (χ4n) is 2.19. The van der Waals surface area contributed by atoms with E-state index in [1.54, 1.807) is 0 Å². The second kappa shape index (κ2) is 5.93. The second-order valence-corrected chi connectivity index (χ2v) is 4.81. The number of hydrogen-bond acceptors (Lipinski definition) is 1. The second-order valence-electron chi connectivity index (χ2n) is 4.81. The molecule has 0 amide bonds. The lowest BCUT2D eigenvalue weighted by molar-refractivity contribution is 0.117. The molecule has 0 bridgehead atoms. The molecule has 2 atom stereocenters. The van der Waals surface area contributed by atoms with Crippen LogP contribution in [0.5, 0.6) is 0 Å². The molecule has 1 N–H and O–H groups in total. The van der Waals surface area contributed by atoms with Gasteiger partial charge in [-0.05, 0) is 35.6 Å². The molecule has 19 heavy (non-hydrogen) atoms. The molecule has 0 aliphatic rings. The van der Waals surface area contributed by atoms with Gasteiger partial charge in [0.1, 0.15) is 11.6 Å². The predicted molar refractivity (Wildman–Crippen MR) is 70.6 cm³/mol. The first-order valence-electron chi connectivity index (χ1n) is 6.24. The summed E-state index contributed by atoms with van der Waals surface area (Å²) < 4.78 is 26.2. The van der Waals surface area contributed by atoms with Crippen molar-refractivity contribution < 1.29 is 13.9 Å². The van der Waals surface area contributed by atoms with E-state index < -0.39 is 17.7 Å². The Hall–Kier alpha value is -1.74. The Labute approximate surface area is 111 Å². The van der Waals surface area contributed by atoms with Crippen LogP contribution < -0.4 is 0 Å². The van der Waals surface area contributed by atoms with Gasteiger partial charge < -0.3 is 5.11 Å². The summed E-state index contributed by atoms with van der Waals surface area (Å²) in [6.07, 6.45) is -0.224. The number of halogens is 2. The zero-order chi connectivity index (χ0) is 13.8. The van der Waals surface area contributed by atoms with Gasteiger partial charge in [-0.15, -0.1) is 0 Å². The van der Waals surface area contributed by atoms with Gasteiger partial charge in [0.2, 0.25) is 0 Å². The van der Waals surface area contributed by atoms with E-state index in [1.165, 1.54) is 12.1 Å². The van der Waals surface area contributed by atoms with E-state index in [4.69, 9.17) is 0 Å². The van der Waals surface area contributed by atoms with Crippen molar-refractivity contribution in [1.29, 1.82) is 0 Å². The molecule has 2 aromatic rings. The van der Waals surface area contributed by atoms with Gasteiger partial charge in [-0.25, -0.2) is 8.78 Å². The smallest absolute Gasteiger partial charge is 0.126 e. The first kappa shape index (κ1) is 13.7. The molecule has 2 unspecified atom stereocenters. The Morgan fingerprint density at radius 3 is 2.16 bits per heavy atom. The monoisotopic (exact) mass is 262 g/mol. The Morgan fingerprint density at radius 1 is 1.00 bits per heavy atom. The van der Waals surface area contributed by atoms with Crippen LogP contribution >= 0.6 is 0 Å². The summed E-state index contributed by atoms with van der Waals surface area (Å²) in [4.78, 5) is 0. The molecular weight excluding hydrogens is 246 g/mol. The van der Waals surface area contributed by atoms with Gasteiger partial charge in [-0.3, -0.25) is 0 Å². The van der Waals surface area contributed by atoms with Gasteiger partial charge in [-0.2, -0.15) is 0 Å². The van der Waals surface area contributed by atoms with Crippen LogP contribution in [0.2, 0.25) is 0 Å². The molecule has 0 saturated carbocycles. The van der Waals surface area contributed by atoms with Gasteiger partial charge in [0.15, 0.2) is 0 Å². The van der Waals surface area contributed by atoms with Crippen LogP contribution in [0.25, 0.3) is 0 Å². The van der Waals surface area contributed by atoms with E-state index in [1.807, 2.05) is 37.3 Å². The zero-order valence-electron chi connectivity index (χ0n) is 10.7. The summed E-state index contributed by atoms with van der Waals surface area (Å²) in [7, 11) is 0. The standard InChI is InChI=1S/C16H16F2O/c1-11(16(19)13-5-3-2-4-6-13)7-12-8-14(17)10-15(18)9-12/h2-6,8-11,16,19H,7H2,1H3. The highest BCUT2D eigenvalue weighted by Crippen LogP contribution is 2.25. The maximum Gasteiger partial charge on any atom is 0.126 e. The first-order valence-corrected chi connectivity index (χ1v) is 6.24. The highest BCUT2D eigenvalue weighted by Gasteiger charge is 2.17. The fraction of sp³-hybridized carbons (Fsp3) is 0.250. The number of aliphatic hydroxyl groups excluding tert-OH is 1. The molecular formula is C16H16F2O. The molecule has 0 heterocycles. The Morgan fingerprint density at radius 2 is 1.58 bits per heavy atom. The molecule has 0 spiro atoms. The Balaban J connectivity index is 2.10. The van der Waals surface area contributed by atoms with Gasteiger partial charge in [0.05, 0.1) is 6.10 Å². The molecule has 0 aliphatic heterocycles. The van der Waals surface area contributed by atoms with Crippen LogP contribution in [0.15, 0.2) is 48.5 Å². The van der Waals surface area contributed by atoms with Gasteiger partial charge in [0.25, 0.3) is 0 Å². The largest absolute Gasteiger partial charge is 0.388 e. The lowest BCUT2D eigenvalue weighted by Crippen LogP contribution is -2.12. The number of benzene rings is 2. The third-order valence-corrected chi connectivity index (χ3v) is 3.16. The lowest BCUT2D eigenvalue weighted by Gasteiger charge is -2.19. The van der Waals surface area contributed by atoms with E-state index >= 15 is 0 Å². The van der Waals surface area contributed by atoms with E-state index in [0.717, 1.165) is 11.6 Å². The molecule has 0 radical (unpaired) electrons. The van der Waals surface area contributed by atoms with Crippen molar-refractivity contribution in [3.05, 3.63) is 71.3 Å². The summed E-state index contributed by atoms with van der Waals surface area (Å²) in [5, 5.41) is 10.2. The van der Waals surface area contributed by atoms with Gasteiger partial charge >= 0.3 is 0 Å². The summed E-state index contributed by atoms with van der Waals surface area (Å²) >= 11 is 0. The summed E-state index contributed by atoms with van der Waals surface area (Å²) in [6, 6.07) is 12.7. The van der Waals surface area contributed by atoms with Crippen molar-refractivity contribution in [2.75, 3.05) is 0 Å². The minimum atomic E-state index is -0.646. The fourth-order valence-corrected chi connectivity index (χ4v) is 2.19. The number of aliphatic hydroxyl groups is 1. The first-order chi connectivity index (χ1) is 9.06. The number of rotatable bonds is 4. The Bertz CT molecular complexity index is 519. The third kappa shape index (κ3) is 3.61. The minimum Gasteiger partial charge on any atom is -0.388 e. The molecule has 0 saturated heterocycles. The normalized spacial score (nSPS) is 14.1. The van der Waals surface area contributed by atoms with E-state index in [2.05, 4.69) is 0 Å². The lowest BCUT2D eigenvalue weighted by atomic mass is 9.91. The quantitative estimate of drug-likeness (QED) is 0.886. The van der Waals surface area contributed by atoms with Crippen molar-refractivity contribution in [3.8, 4) is 0 Å². The van der Waals surface area contributed by atoms with E-state index in [0.29, 0.717) is 12.0 Å². The average molecular weight is 262 g/mol. The molecule has 0 aliphatic carbocycles. The van der Waals surface area contributed by atoms with Gasteiger partial charge in [-0.1, -0.05) is 37.3 Å². The van der Waals surface area contributed by atoms with E-state index in [-0.39, 0.29) is 5.92 Å². The van der Waals surface area contributed by atoms with Crippen molar-refractivity contribution in [3.63, 3.8) is 0 Å². The predicted octanol–water partition coefficient (Wildman–Crippen LogP) is 3.88. The summed E-state index contributed by atoms with van der Waals surface area (Å²) in [6.45, 7) is 1.86. The van der Waals surface area contributed by atoms with Gasteiger partial charge in [0, 0.05) is 6.07 Å². The van der Waals surface area contributed by atoms with Crippen molar-refractivity contribution >= 4 is 0 Å². The molecule has 0 fully saturated rings. The SMILES string of the molecule is CC(Cc1cc(F)cc(F)c1)C(O)c1ccccc1. The summed E-state index contributed by atoms with van der Waals surface area (Å²) in [5.41, 5.74) is 1.37. The van der Waals surface area contributed by atoms with Crippen molar-refractivity contribution in [2.45, 2.75) is 19.4 Å². The van der Waals surface area contributed by atoms with Crippen molar-refractivity contribution in [2.24, 2.45) is 5.92 Å². The third-order valence-electron chi connectivity index (χ3n) is 3.16. The maximum atomic E-state index is 13.1. The topological polar surface area (TPSA) is 20.2 Å². The van der Waals surface area contributed by atoms with Crippen LogP contribution in [-0.4, -0.2) is 5.11 Å². The van der Waals surface area contributed by atoms with Crippen LogP contribution in [0.4, 0.5) is 8.78 Å². The molecule has 1 nitrogen and oxygen atoms in total. The molecule has 3 heteroatoms. The minimum absolute atomic E-state index is 0.122. The average Bonchev–Trinajstić information content (AvgIpc) is 2.37. The Kier molecular flexibility index (Phi) is 4.27. The zero-order valence-corrected chi connectivity index (χ0v) is 10.7. The highest BCUT2D eigenvalue weighted by molar-refractivity contribution is 5.21. The molecule has 2 aromatic carbocycles. The van der Waals surface area contributed by atoms with E-state index in [9.17, 15) is 13.9 Å². The highest BCUT2D eigenvalue weighted by atomic mass is 19.1. The van der Waals surface area contributed by atoms with Crippen LogP contribution in [0.1, 0.15) is 24.2 Å². The molecule has 2 rings (SSSR count). The maximum absolute atomic E-state index is 13.1. The van der Waals surface area contributed by atoms with Crippen LogP contribution in [0.3, 0.4) is 0 Å². The van der Waals surface area contributed by atoms with Crippen molar-refractivity contribution in [1.82, 2.24) is 0 Å². The molecule has 100 valence electrons. The number of hydrogen-bond donors (Lipinski definition) is 1.